The Labute approximate surface area is 138 Å². The molecule has 0 unspecified atom stereocenters. The molecule has 2 amide bonds. The first-order valence-corrected chi connectivity index (χ1v) is 7.67. The van der Waals surface area contributed by atoms with Crippen LogP contribution in [0.4, 0.5) is 10.1 Å². The van der Waals surface area contributed by atoms with Crippen LogP contribution in [0.1, 0.15) is 17.5 Å². The maximum absolute atomic E-state index is 13.5. The number of rotatable bonds is 5. The number of amides is 2. The van der Waals surface area contributed by atoms with Gasteiger partial charge in [-0.15, -0.1) is 0 Å². The van der Waals surface area contributed by atoms with E-state index in [9.17, 15) is 14.0 Å². The lowest BCUT2D eigenvalue weighted by Crippen LogP contribution is -2.26. The monoisotopic (exact) mass is 328 g/mol. The Kier molecular flexibility index (Phi) is 4.74. The van der Waals surface area contributed by atoms with Crippen molar-refractivity contribution < 1.29 is 18.7 Å². The normalized spacial score (nSPS) is 12.8. The van der Waals surface area contributed by atoms with E-state index in [-0.39, 0.29) is 30.7 Å². The van der Waals surface area contributed by atoms with E-state index >= 15 is 0 Å². The van der Waals surface area contributed by atoms with Crippen molar-refractivity contribution in [2.45, 2.75) is 19.4 Å². The standard InChI is InChI=1S/C18H17FN2O3/c19-14-4-2-1-3-13(14)6-8-17(22)20-10-12-5-7-16-15(9-12)21-18(23)11-24-16/h1-5,7,9H,6,8,10-11H2,(H,20,22)(H,21,23). The third kappa shape index (κ3) is 3.90. The number of benzene rings is 2. The fourth-order valence-corrected chi connectivity index (χ4v) is 2.48. The van der Waals surface area contributed by atoms with E-state index in [1.165, 1.54) is 6.07 Å². The van der Waals surface area contributed by atoms with Gasteiger partial charge in [0.2, 0.25) is 5.91 Å². The van der Waals surface area contributed by atoms with Crippen LogP contribution >= 0.6 is 0 Å². The Bertz CT molecular complexity index is 777. The van der Waals surface area contributed by atoms with Crippen LogP contribution in [0.25, 0.3) is 0 Å². The van der Waals surface area contributed by atoms with Gasteiger partial charge in [0.15, 0.2) is 6.61 Å². The number of carbonyl (C=O) groups excluding carboxylic acids is 2. The highest BCUT2D eigenvalue weighted by atomic mass is 19.1. The molecule has 0 spiro atoms. The van der Waals surface area contributed by atoms with Crippen molar-refractivity contribution in [2.24, 2.45) is 0 Å². The van der Waals surface area contributed by atoms with Crippen molar-refractivity contribution in [2.75, 3.05) is 11.9 Å². The first kappa shape index (κ1) is 16.0. The number of hydrogen-bond acceptors (Lipinski definition) is 3. The summed E-state index contributed by atoms with van der Waals surface area (Å²) in [6.45, 7) is 0.346. The average Bonchev–Trinajstić information content (AvgIpc) is 2.59. The van der Waals surface area contributed by atoms with Gasteiger partial charge < -0.3 is 15.4 Å². The largest absolute Gasteiger partial charge is 0.482 e. The summed E-state index contributed by atoms with van der Waals surface area (Å²) < 4.78 is 18.8. The molecule has 5 nitrogen and oxygen atoms in total. The number of halogens is 1. The smallest absolute Gasteiger partial charge is 0.262 e. The summed E-state index contributed by atoms with van der Waals surface area (Å²) in [4.78, 5) is 23.2. The molecule has 0 fully saturated rings. The van der Waals surface area contributed by atoms with Crippen LogP contribution in [-0.2, 0) is 22.6 Å². The molecule has 0 aliphatic carbocycles. The fourth-order valence-electron chi connectivity index (χ4n) is 2.48. The molecule has 1 aliphatic heterocycles. The van der Waals surface area contributed by atoms with Gasteiger partial charge in [-0.3, -0.25) is 9.59 Å². The van der Waals surface area contributed by atoms with E-state index in [2.05, 4.69) is 10.6 Å². The molecule has 0 atom stereocenters. The Morgan fingerprint density at radius 3 is 2.92 bits per heavy atom. The summed E-state index contributed by atoms with van der Waals surface area (Å²) >= 11 is 0. The molecule has 2 N–H and O–H groups in total. The molecule has 1 aliphatic rings. The molecule has 0 saturated carbocycles. The number of nitrogens with one attached hydrogen (secondary N) is 2. The van der Waals surface area contributed by atoms with Crippen molar-refractivity contribution in [3.63, 3.8) is 0 Å². The number of fused-ring (bicyclic) bond motifs is 1. The molecule has 1 heterocycles. The lowest BCUT2D eigenvalue weighted by Gasteiger charge is -2.18. The Morgan fingerprint density at radius 2 is 2.08 bits per heavy atom. The molecule has 0 radical (unpaired) electrons. The molecule has 24 heavy (non-hydrogen) atoms. The summed E-state index contributed by atoms with van der Waals surface area (Å²) in [6, 6.07) is 11.8. The average molecular weight is 328 g/mol. The summed E-state index contributed by atoms with van der Waals surface area (Å²) in [5, 5.41) is 5.51. The van der Waals surface area contributed by atoms with Crippen molar-refractivity contribution >= 4 is 17.5 Å². The minimum Gasteiger partial charge on any atom is -0.482 e. The first-order chi connectivity index (χ1) is 11.6. The Morgan fingerprint density at radius 1 is 1.25 bits per heavy atom. The van der Waals surface area contributed by atoms with Gasteiger partial charge in [-0.2, -0.15) is 0 Å². The second-order valence-electron chi connectivity index (χ2n) is 5.54. The molecular weight excluding hydrogens is 311 g/mol. The van der Waals surface area contributed by atoms with Gasteiger partial charge >= 0.3 is 0 Å². The minimum atomic E-state index is -0.296. The SMILES string of the molecule is O=C(CCc1ccccc1F)NCc1ccc2c(c1)NC(=O)CO2. The third-order valence-corrected chi connectivity index (χ3v) is 3.75. The minimum absolute atomic E-state index is 0.0130. The maximum Gasteiger partial charge on any atom is 0.262 e. The van der Waals surface area contributed by atoms with Gasteiger partial charge in [0, 0.05) is 13.0 Å². The van der Waals surface area contributed by atoms with Crippen LogP contribution in [0.5, 0.6) is 5.75 Å². The summed E-state index contributed by atoms with van der Waals surface area (Å²) in [5.74, 6) is -0.0372. The fraction of sp³-hybridized carbons (Fsp3) is 0.222. The predicted molar refractivity (Wildman–Crippen MR) is 87.1 cm³/mol. The van der Waals surface area contributed by atoms with Crippen LogP contribution in [0.15, 0.2) is 42.5 Å². The molecule has 124 valence electrons. The highest BCUT2D eigenvalue weighted by Gasteiger charge is 2.16. The topological polar surface area (TPSA) is 67.4 Å². The molecule has 0 aromatic heterocycles. The lowest BCUT2D eigenvalue weighted by atomic mass is 10.1. The third-order valence-electron chi connectivity index (χ3n) is 3.75. The van der Waals surface area contributed by atoms with Gasteiger partial charge in [-0.05, 0) is 35.7 Å². The number of aryl methyl sites for hydroxylation is 1. The zero-order chi connectivity index (χ0) is 16.9. The van der Waals surface area contributed by atoms with Crippen LogP contribution in [-0.4, -0.2) is 18.4 Å². The van der Waals surface area contributed by atoms with E-state index in [1.807, 2.05) is 6.07 Å². The zero-order valence-corrected chi connectivity index (χ0v) is 13.0. The van der Waals surface area contributed by atoms with Gasteiger partial charge in [0.05, 0.1) is 5.69 Å². The van der Waals surface area contributed by atoms with Crippen molar-refractivity contribution in [3.05, 3.63) is 59.4 Å². The summed E-state index contributed by atoms with van der Waals surface area (Å²) in [5.41, 5.74) is 1.98. The van der Waals surface area contributed by atoms with Crippen molar-refractivity contribution in [1.82, 2.24) is 5.32 Å². The first-order valence-electron chi connectivity index (χ1n) is 7.67. The molecule has 6 heteroatoms. The highest BCUT2D eigenvalue weighted by molar-refractivity contribution is 5.95. The van der Waals surface area contributed by atoms with E-state index in [0.717, 1.165) is 5.56 Å². The summed E-state index contributed by atoms with van der Waals surface area (Å²) in [7, 11) is 0. The van der Waals surface area contributed by atoms with E-state index in [4.69, 9.17) is 4.74 Å². The maximum atomic E-state index is 13.5. The highest BCUT2D eigenvalue weighted by Crippen LogP contribution is 2.28. The number of anilines is 1. The molecule has 0 saturated heterocycles. The molecule has 3 rings (SSSR count). The van der Waals surface area contributed by atoms with E-state index < -0.39 is 0 Å². The number of carbonyl (C=O) groups is 2. The number of ether oxygens (including phenoxy) is 1. The molecular formula is C18H17FN2O3. The quantitative estimate of drug-likeness (QED) is 0.886. The van der Waals surface area contributed by atoms with E-state index in [0.29, 0.717) is 30.0 Å². The lowest BCUT2D eigenvalue weighted by molar-refractivity contribution is -0.121. The number of hydrogen-bond donors (Lipinski definition) is 2. The molecule has 0 bridgehead atoms. The van der Waals surface area contributed by atoms with Crippen molar-refractivity contribution in [3.8, 4) is 5.75 Å². The van der Waals surface area contributed by atoms with Gasteiger partial charge in [-0.25, -0.2) is 4.39 Å². The van der Waals surface area contributed by atoms with Crippen LogP contribution in [0.3, 0.4) is 0 Å². The Hall–Kier alpha value is -2.89. The van der Waals surface area contributed by atoms with Crippen LogP contribution < -0.4 is 15.4 Å². The predicted octanol–water partition coefficient (Wildman–Crippen LogP) is 2.41. The molecule has 2 aromatic carbocycles. The zero-order valence-electron chi connectivity index (χ0n) is 13.0. The Balaban J connectivity index is 1.52. The van der Waals surface area contributed by atoms with Gasteiger partial charge in [0.25, 0.3) is 5.91 Å². The second kappa shape index (κ2) is 7.12. The summed E-state index contributed by atoms with van der Waals surface area (Å²) in [6.07, 6.45) is 0.568. The van der Waals surface area contributed by atoms with Gasteiger partial charge in [-0.1, -0.05) is 24.3 Å². The van der Waals surface area contributed by atoms with Gasteiger partial charge in [0.1, 0.15) is 11.6 Å². The van der Waals surface area contributed by atoms with Crippen molar-refractivity contribution in [1.29, 1.82) is 0 Å². The van der Waals surface area contributed by atoms with Crippen LogP contribution in [0.2, 0.25) is 0 Å². The second-order valence-corrected chi connectivity index (χ2v) is 5.54. The van der Waals surface area contributed by atoms with E-state index in [1.54, 1.807) is 30.3 Å². The molecule has 2 aromatic rings. The van der Waals surface area contributed by atoms with Crippen LogP contribution in [0, 0.1) is 5.82 Å².